The first-order chi connectivity index (χ1) is 8.29. The lowest BCUT2D eigenvalue weighted by atomic mass is 10.1. The summed E-state index contributed by atoms with van der Waals surface area (Å²) in [6.07, 6.45) is 2.24. The molecule has 17 heavy (non-hydrogen) atoms. The van der Waals surface area contributed by atoms with E-state index in [1.54, 1.807) is 0 Å². The molecule has 0 aliphatic carbocycles. The Kier molecular flexibility index (Phi) is 4.48. The number of pyridine rings is 1. The zero-order chi connectivity index (χ0) is 12.1. The molecule has 0 saturated carbocycles. The molecule has 0 amide bonds. The fraction of sp³-hybridized carbons (Fsp3) is 0.615. The van der Waals surface area contributed by atoms with E-state index in [2.05, 4.69) is 23.0 Å². The Balaban J connectivity index is 1.94. The Morgan fingerprint density at radius 1 is 1.35 bits per heavy atom. The van der Waals surface area contributed by atoms with E-state index in [0.29, 0.717) is 12.6 Å². The molecule has 2 rings (SSSR count). The standard InChI is InChI=1S/C13H21N3O/c1-16(13-5-7-17-8-6-13)10-12-4-2-3-11(9-14)15-12/h2-4,13H,5-10,14H2,1H3. The number of ether oxygens (including phenoxy) is 1. The molecule has 0 unspecified atom stereocenters. The lowest BCUT2D eigenvalue weighted by Gasteiger charge is -2.30. The Hall–Kier alpha value is -0.970. The first kappa shape index (κ1) is 12.5. The monoisotopic (exact) mass is 235 g/mol. The van der Waals surface area contributed by atoms with E-state index in [1.165, 1.54) is 0 Å². The number of rotatable bonds is 4. The quantitative estimate of drug-likeness (QED) is 0.850. The topological polar surface area (TPSA) is 51.4 Å². The van der Waals surface area contributed by atoms with Gasteiger partial charge < -0.3 is 10.5 Å². The van der Waals surface area contributed by atoms with Gasteiger partial charge in [0.05, 0.1) is 11.4 Å². The maximum absolute atomic E-state index is 5.60. The zero-order valence-corrected chi connectivity index (χ0v) is 10.4. The van der Waals surface area contributed by atoms with Gasteiger partial charge >= 0.3 is 0 Å². The minimum Gasteiger partial charge on any atom is -0.381 e. The molecule has 2 heterocycles. The van der Waals surface area contributed by atoms with Crippen molar-refractivity contribution in [3.8, 4) is 0 Å². The summed E-state index contributed by atoms with van der Waals surface area (Å²) >= 11 is 0. The highest BCUT2D eigenvalue weighted by Crippen LogP contribution is 2.14. The largest absolute Gasteiger partial charge is 0.381 e. The van der Waals surface area contributed by atoms with Gasteiger partial charge in [0.25, 0.3) is 0 Å². The first-order valence-corrected chi connectivity index (χ1v) is 6.22. The van der Waals surface area contributed by atoms with Crippen LogP contribution in [-0.2, 0) is 17.8 Å². The van der Waals surface area contributed by atoms with Gasteiger partial charge in [-0.2, -0.15) is 0 Å². The minimum absolute atomic E-state index is 0.509. The van der Waals surface area contributed by atoms with Gasteiger partial charge in [0.1, 0.15) is 0 Å². The van der Waals surface area contributed by atoms with Crippen molar-refractivity contribution in [3.63, 3.8) is 0 Å². The van der Waals surface area contributed by atoms with Crippen LogP contribution in [0.5, 0.6) is 0 Å². The Bertz CT molecular complexity index is 350. The van der Waals surface area contributed by atoms with Gasteiger partial charge in [0.2, 0.25) is 0 Å². The summed E-state index contributed by atoms with van der Waals surface area (Å²) < 4.78 is 5.38. The van der Waals surface area contributed by atoms with Crippen molar-refractivity contribution in [1.82, 2.24) is 9.88 Å². The normalized spacial score (nSPS) is 17.6. The van der Waals surface area contributed by atoms with E-state index >= 15 is 0 Å². The molecule has 0 radical (unpaired) electrons. The average molecular weight is 235 g/mol. The fourth-order valence-electron chi connectivity index (χ4n) is 2.24. The third-order valence-corrected chi connectivity index (χ3v) is 3.30. The number of nitrogens with two attached hydrogens (primary N) is 1. The summed E-state index contributed by atoms with van der Waals surface area (Å²) in [6.45, 7) is 3.16. The van der Waals surface area contributed by atoms with Gasteiger partial charge in [-0.1, -0.05) is 6.07 Å². The molecule has 1 saturated heterocycles. The predicted octanol–water partition coefficient (Wildman–Crippen LogP) is 1.15. The zero-order valence-electron chi connectivity index (χ0n) is 10.4. The van der Waals surface area contributed by atoms with E-state index in [9.17, 15) is 0 Å². The van der Waals surface area contributed by atoms with Crippen LogP contribution in [0.3, 0.4) is 0 Å². The van der Waals surface area contributed by atoms with E-state index in [0.717, 1.165) is 44.0 Å². The van der Waals surface area contributed by atoms with Crippen LogP contribution in [0, 0.1) is 0 Å². The third-order valence-electron chi connectivity index (χ3n) is 3.30. The van der Waals surface area contributed by atoms with Crippen molar-refractivity contribution in [3.05, 3.63) is 29.6 Å². The van der Waals surface area contributed by atoms with Crippen LogP contribution in [0.2, 0.25) is 0 Å². The van der Waals surface area contributed by atoms with Crippen molar-refractivity contribution >= 4 is 0 Å². The van der Waals surface area contributed by atoms with Crippen LogP contribution in [0.25, 0.3) is 0 Å². The molecule has 94 valence electrons. The van der Waals surface area contributed by atoms with Crippen molar-refractivity contribution < 1.29 is 4.74 Å². The van der Waals surface area contributed by atoms with Crippen LogP contribution in [0.4, 0.5) is 0 Å². The molecule has 1 aromatic rings. The van der Waals surface area contributed by atoms with Gasteiger partial charge in [-0.25, -0.2) is 0 Å². The summed E-state index contributed by atoms with van der Waals surface area (Å²) in [6, 6.07) is 6.68. The average Bonchev–Trinajstić information content (AvgIpc) is 2.40. The van der Waals surface area contributed by atoms with Crippen molar-refractivity contribution in [2.45, 2.75) is 32.0 Å². The summed E-state index contributed by atoms with van der Waals surface area (Å²) in [7, 11) is 2.16. The molecular weight excluding hydrogens is 214 g/mol. The fourth-order valence-corrected chi connectivity index (χ4v) is 2.24. The van der Waals surface area contributed by atoms with Crippen LogP contribution >= 0.6 is 0 Å². The predicted molar refractivity (Wildman–Crippen MR) is 67.4 cm³/mol. The Morgan fingerprint density at radius 3 is 2.76 bits per heavy atom. The lowest BCUT2D eigenvalue weighted by molar-refractivity contribution is 0.0403. The SMILES string of the molecule is CN(Cc1cccc(CN)n1)C1CCOCC1. The summed E-state index contributed by atoms with van der Waals surface area (Å²) in [5, 5.41) is 0. The highest BCUT2D eigenvalue weighted by Gasteiger charge is 2.18. The highest BCUT2D eigenvalue weighted by molar-refractivity contribution is 5.11. The smallest absolute Gasteiger partial charge is 0.0547 e. The maximum Gasteiger partial charge on any atom is 0.0547 e. The molecule has 1 aliphatic rings. The Labute approximate surface area is 103 Å². The summed E-state index contributed by atoms with van der Waals surface area (Å²) in [4.78, 5) is 6.89. The second-order valence-corrected chi connectivity index (χ2v) is 4.58. The molecular formula is C13H21N3O. The first-order valence-electron chi connectivity index (χ1n) is 6.22. The van der Waals surface area contributed by atoms with Crippen LogP contribution in [0.1, 0.15) is 24.2 Å². The second-order valence-electron chi connectivity index (χ2n) is 4.58. The highest BCUT2D eigenvalue weighted by atomic mass is 16.5. The molecule has 0 spiro atoms. The van der Waals surface area contributed by atoms with Crippen molar-refractivity contribution in [2.24, 2.45) is 5.73 Å². The molecule has 0 bridgehead atoms. The third kappa shape index (κ3) is 3.49. The number of nitrogens with zero attached hydrogens (tertiary/aromatic N) is 2. The van der Waals surface area contributed by atoms with Crippen LogP contribution in [0.15, 0.2) is 18.2 Å². The van der Waals surface area contributed by atoms with Gasteiger partial charge in [-0.15, -0.1) is 0 Å². The van der Waals surface area contributed by atoms with Crippen LogP contribution < -0.4 is 5.73 Å². The van der Waals surface area contributed by atoms with E-state index < -0.39 is 0 Å². The molecule has 0 aromatic carbocycles. The minimum atomic E-state index is 0.509. The molecule has 1 aliphatic heterocycles. The second kappa shape index (κ2) is 6.10. The van der Waals surface area contributed by atoms with Crippen LogP contribution in [-0.4, -0.2) is 36.2 Å². The molecule has 4 nitrogen and oxygen atoms in total. The van der Waals surface area contributed by atoms with Gasteiger partial charge in [0, 0.05) is 32.3 Å². The number of hydrogen-bond acceptors (Lipinski definition) is 4. The summed E-state index contributed by atoms with van der Waals surface area (Å²) in [5.41, 5.74) is 7.66. The summed E-state index contributed by atoms with van der Waals surface area (Å²) in [5.74, 6) is 0. The molecule has 4 heteroatoms. The van der Waals surface area contributed by atoms with Gasteiger partial charge in [0.15, 0.2) is 0 Å². The maximum atomic E-state index is 5.60. The van der Waals surface area contributed by atoms with Crippen molar-refractivity contribution in [1.29, 1.82) is 0 Å². The molecule has 2 N–H and O–H groups in total. The van der Waals surface area contributed by atoms with Gasteiger partial charge in [-0.3, -0.25) is 9.88 Å². The van der Waals surface area contributed by atoms with Crippen molar-refractivity contribution in [2.75, 3.05) is 20.3 Å². The van der Waals surface area contributed by atoms with E-state index in [4.69, 9.17) is 10.5 Å². The Morgan fingerprint density at radius 2 is 2.06 bits per heavy atom. The molecule has 1 aromatic heterocycles. The molecule has 0 atom stereocenters. The number of aromatic nitrogens is 1. The van der Waals surface area contributed by atoms with E-state index in [-0.39, 0.29) is 0 Å². The van der Waals surface area contributed by atoms with E-state index in [1.807, 2.05) is 12.1 Å². The lowest BCUT2D eigenvalue weighted by Crippen LogP contribution is -2.36. The molecule has 1 fully saturated rings. The number of hydrogen-bond donors (Lipinski definition) is 1. The van der Waals surface area contributed by atoms with Gasteiger partial charge in [-0.05, 0) is 32.0 Å².